The molecule has 1 amide bonds. The van der Waals surface area contributed by atoms with E-state index >= 15 is 0 Å². The van der Waals surface area contributed by atoms with Crippen LogP contribution in [0.5, 0.6) is 5.75 Å². The van der Waals surface area contributed by atoms with E-state index in [2.05, 4.69) is 10.2 Å². The van der Waals surface area contributed by atoms with Crippen molar-refractivity contribution in [3.63, 3.8) is 0 Å². The molecule has 1 atom stereocenters. The molecule has 0 aliphatic carbocycles. The van der Waals surface area contributed by atoms with Crippen molar-refractivity contribution in [3.05, 3.63) is 70.4 Å². The minimum Gasteiger partial charge on any atom is -0.494 e. The van der Waals surface area contributed by atoms with E-state index < -0.39 is 0 Å². The molecular formula is C23H24ClN3O3. The predicted molar refractivity (Wildman–Crippen MR) is 116 cm³/mol. The maximum Gasteiger partial charge on any atom is 0.273 e. The molecule has 2 heterocycles. The van der Waals surface area contributed by atoms with Crippen molar-refractivity contribution >= 4 is 17.5 Å². The second-order valence-corrected chi connectivity index (χ2v) is 7.55. The summed E-state index contributed by atoms with van der Waals surface area (Å²) in [6, 6.07) is 15.2. The van der Waals surface area contributed by atoms with Crippen LogP contribution in [0.1, 0.15) is 41.0 Å². The van der Waals surface area contributed by atoms with Crippen molar-refractivity contribution in [3.8, 4) is 17.0 Å². The van der Waals surface area contributed by atoms with Crippen molar-refractivity contribution < 1.29 is 14.3 Å². The molecule has 2 aromatic carbocycles. The van der Waals surface area contributed by atoms with Crippen LogP contribution in [0, 0.1) is 0 Å². The molecular weight excluding hydrogens is 402 g/mol. The lowest BCUT2D eigenvalue weighted by Gasteiger charge is -2.26. The van der Waals surface area contributed by atoms with Crippen LogP contribution >= 0.6 is 11.6 Å². The first-order valence-electron chi connectivity index (χ1n) is 10.0. The van der Waals surface area contributed by atoms with Crippen molar-refractivity contribution in [1.29, 1.82) is 0 Å². The summed E-state index contributed by atoms with van der Waals surface area (Å²) in [5, 5.41) is 8.11. The van der Waals surface area contributed by atoms with Crippen molar-refractivity contribution in [1.82, 2.24) is 15.1 Å². The summed E-state index contributed by atoms with van der Waals surface area (Å²) in [6.07, 6.45) is 0.754. The normalized spacial score (nSPS) is 15.5. The number of carbonyl (C=O) groups excluding carboxylic acids is 1. The number of nitrogens with zero attached hydrogens (tertiary/aromatic N) is 2. The molecule has 0 saturated heterocycles. The number of nitrogens with one attached hydrogen (secondary N) is 1. The molecule has 4 rings (SSSR count). The smallest absolute Gasteiger partial charge is 0.273 e. The Kier molecular flexibility index (Phi) is 6.06. The van der Waals surface area contributed by atoms with Gasteiger partial charge < -0.3 is 14.4 Å². The minimum absolute atomic E-state index is 0.0484. The number of hydrogen-bond acceptors (Lipinski definition) is 4. The van der Waals surface area contributed by atoms with Gasteiger partial charge in [0.25, 0.3) is 5.91 Å². The average molecular weight is 426 g/mol. The van der Waals surface area contributed by atoms with E-state index in [-0.39, 0.29) is 11.9 Å². The molecule has 0 spiro atoms. The summed E-state index contributed by atoms with van der Waals surface area (Å²) in [5.74, 6) is 0.759. The van der Waals surface area contributed by atoms with Crippen LogP contribution in [-0.2, 0) is 4.74 Å². The number of fused-ring (bicyclic) bond motifs is 1. The topological polar surface area (TPSA) is 67.5 Å². The van der Waals surface area contributed by atoms with Gasteiger partial charge in [-0.15, -0.1) is 0 Å². The van der Waals surface area contributed by atoms with Gasteiger partial charge in [0.05, 0.1) is 18.3 Å². The highest BCUT2D eigenvalue weighted by Gasteiger charge is 2.41. The number of benzene rings is 2. The number of aromatic amines is 1. The monoisotopic (exact) mass is 425 g/mol. The Morgan fingerprint density at radius 3 is 2.53 bits per heavy atom. The summed E-state index contributed by atoms with van der Waals surface area (Å²) >= 11 is 6.06. The molecule has 1 aromatic heterocycles. The molecule has 6 nitrogen and oxygen atoms in total. The van der Waals surface area contributed by atoms with Crippen LogP contribution in [0.3, 0.4) is 0 Å². The number of H-pyrrole nitrogens is 1. The van der Waals surface area contributed by atoms with Crippen molar-refractivity contribution in [2.75, 3.05) is 26.9 Å². The summed E-state index contributed by atoms with van der Waals surface area (Å²) in [5.41, 5.74) is 4.13. The standard InChI is InChI=1S/C23H24ClN3O3/c1-3-30-18-11-7-16(8-12-18)22-19-20(15-5-9-17(24)10-6-15)25-26-21(19)23(28)27(22)13-4-14-29-2/h5-12,22H,3-4,13-14H2,1-2H3,(H,25,26). The summed E-state index contributed by atoms with van der Waals surface area (Å²) in [7, 11) is 1.67. The van der Waals surface area contributed by atoms with Crippen LogP contribution in [0.4, 0.5) is 0 Å². The molecule has 1 aliphatic heterocycles. The maximum atomic E-state index is 13.2. The molecule has 3 aromatic rings. The first kappa shape index (κ1) is 20.4. The second kappa shape index (κ2) is 8.90. The van der Waals surface area contributed by atoms with Gasteiger partial charge in [0, 0.05) is 36.4 Å². The quantitative estimate of drug-likeness (QED) is 0.531. The highest BCUT2D eigenvalue weighted by atomic mass is 35.5. The highest BCUT2D eigenvalue weighted by molar-refractivity contribution is 6.30. The largest absolute Gasteiger partial charge is 0.494 e. The Morgan fingerprint density at radius 2 is 1.87 bits per heavy atom. The van der Waals surface area contributed by atoms with Gasteiger partial charge >= 0.3 is 0 Å². The fourth-order valence-electron chi connectivity index (χ4n) is 3.89. The predicted octanol–water partition coefficient (Wildman–Crippen LogP) is 4.71. The van der Waals surface area contributed by atoms with E-state index in [1.807, 2.05) is 60.4 Å². The number of ether oxygens (including phenoxy) is 2. The molecule has 1 aliphatic rings. The number of hydrogen-bond donors (Lipinski definition) is 1. The zero-order valence-corrected chi connectivity index (χ0v) is 17.8. The van der Waals surface area contributed by atoms with Crippen LogP contribution in [-0.4, -0.2) is 47.9 Å². The Bertz CT molecular complexity index is 1020. The molecule has 30 heavy (non-hydrogen) atoms. The lowest BCUT2D eigenvalue weighted by atomic mass is 9.96. The molecule has 0 saturated carbocycles. The summed E-state index contributed by atoms with van der Waals surface area (Å²) in [6.45, 7) is 3.75. The Labute approximate surface area is 180 Å². The first-order chi connectivity index (χ1) is 14.6. The highest BCUT2D eigenvalue weighted by Crippen LogP contribution is 2.43. The SMILES string of the molecule is CCOc1ccc(C2c3c(-c4ccc(Cl)cc4)n[nH]c3C(=O)N2CCCOC)cc1. The lowest BCUT2D eigenvalue weighted by Crippen LogP contribution is -2.31. The van der Waals surface area contributed by atoms with E-state index in [0.717, 1.165) is 34.6 Å². The van der Waals surface area contributed by atoms with E-state index in [9.17, 15) is 4.79 Å². The third-order valence-electron chi connectivity index (χ3n) is 5.24. The number of carbonyl (C=O) groups is 1. The molecule has 1 N–H and O–H groups in total. The number of halogens is 1. The van der Waals surface area contributed by atoms with Gasteiger partial charge in [-0.05, 0) is 43.2 Å². The Hall–Kier alpha value is -2.83. The zero-order valence-electron chi connectivity index (χ0n) is 17.0. The summed E-state index contributed by atoms with van der Waals surface area (Å²) < 4.78 is 10.8. The van der Waals surface area contributed by atoms with E-state index in [1.54, 1.807) is 7.11 Å². The van der Waals surface area contributed by atoms with Gasteiger partial charge in [0.15, 0.2) is 0 Å². The fraction of sp³-hybridized carbons (Fsp3) is 0.304. The van der Waals surface area contributed by atoms with Gasteiger partial charge in [-0.3, -0.25) is 9.89 Å². The van der Waals surface area contributed by atoms with Gasteiger partial charge in [0.2, 0.25) is 0 Å². The van der Waals surface area contributed by atoms with Gasteiger partial charge in [-0.25, -0.2) is 0 Å². The number of aromatic nitrogens is 2. The van der Waals surface area contributed by atoms with E-state index in [1.165, 1.54) is 0 Å². The first-order valence-corrected chi connectivity index (χ1v) is 10.4. The second-order valence-electron chi connectivity index (χ2n) is 7.12. The molecule has 156 valence electrons. The van der Waals surface area contributed by atoms with Gasteiger partial charge in [-0.2, -0.15) is 5.10 Å². The lowest BCUT2D eigenvalue weighted by molar-refractivity contribution is 0.0723. The fourth-order valence-corrected chi connectivity index (χ4v) is 4.02. The molecule has 0 radical (unpaired) electrons. The van der Waals surface area contributed by atoms with Crippen LogP contribution in [0.2, 0.25) is 5.02 Å². The maximum absolute atomic E-state index is 13.2. The number of amides is 1. The molecule has 1 unspecified atom stereocenters. The molecule has 7 heteroatoms. The third kappa shape index (κ3) is 3.80. The van der Waals surface area contributed by atoms with Crippen LogP contribution in [0.15, 0.2) is 48.5 Å². The van der Waals surface area contributed by atoms with Crippen LogP contribution < -0.4 is 4.74 Å². The summed E-state index contributed by atoms with van der Waals surface area (Å²) in [4.78, 5) is 15.1. The Morgan fingerprint density at radius 1 is 1.13 bits per heavy atom. The van der Waals surface area contributed by atoms with E-state index in [4.69, 9.17) is 21.1 Å². The van der Waals surface area contributed by atoms with Gasteiger partial charge in [-0.1, -0.05) is 35.9 Å². The van der Waals surface area contributed by atoms with E-state index in [0.29, 0.717) is 30.5 Å². The third-order valence-corrected chi connectivity index (χ3v) is 5.49. The molecule has 0 bridgehead atoms. The van der Waals surface area contributed by atoms with Crippen molar-refractivity contribution in [2.45, 2.75) is 19.4 Å². The van der Waals surface area contributed by atoms with Crippen LogP contribution in [0.25, 0.3) is 11.3 Å². The van der Waals surface area contributed by atoms with Crippen molar-refractivity contribution in [2.24, 2.45) is 0 Å². The minimum atomic E-state index is -0.232. The number of rotatable bonds is 8. The average Bonchev–Trinajstić information content (AvgIpc) is 3.29. The van der Waals surface area contributed by atoms with Gasteiger partial charge in [0.1, 0.15) is 11.4 Å². The zero-order chi connectivity index (χ0) is 21.1. The molecule has 0 fully saturated rings. The Balaban J connectivity index is 1.77. The number of methoxy groups -OCH3 is 1.